The summed E-state index contributed by atoms with van der Waals surface area (Å²) in [5.74, 6) is -0.253. The average Bonchev–Trinajstić information content (AvgIpc) is 3.45. The smallest absolute Gasteiger partial charge is 0.274 e. The maximum absolute atomic E-state index is 13.1. The van der Waals surface area contributed by atoms with E-state index < -0.39 is 0 Å². The van der Waals surface area contributed by atoms with Gasteiger partial charge in [-0.2, -0.15) is 5.10 Å². The molecule has 1 aliphatic heterocycles. The molecule has 1 saturated heterocycles. The first-order chi connectivity index (χ1) is 14.6. The Hall–Kier alpha value is -3.55. The maximum Gasteiger partial charge on any atom is 0.274 e. The number of hydrogen-bond donors (Lipinski definition) is 2. The zero-order valence-corrected chi connectivity index (χ0v) is 16.3. The number of rotatable bonds is 3. The molecule has 1 aliphatic carbocycles. The third-order valence-electron chi connectivity index (χ3n) is 6.38. The molecule has 0 radical (unpaired) electrons. The lowest BCUT2D eigenvalue weighted by atomic mass is 9.92. The van der Waals surface area contributed by atoms with Gasteiger partial charge in [0.05, 0.1) is 5.39 Å². The van der Waals surface area contributed by atoms with Gasteiger partial charge in [-0.05, 0) is 42.9 Å². The first kappa shape index (κ1) is 18.5. The van der Waals surface area contributed by atoms with E-state index >= 15 is 0 Å². The van der Waals surface area contributed by atoms with Crippen molar-refractivity contribution in [3.8, 4) is 0 Å². The summed E-state index contributed by atoms with van der Waals surface area (Å²) in [6.07, 6.45) is 5.82. The molecule has 2 amide bonds. The molecule has 3 aromatic rings. The van der Waals surface area contributed by atoms with Gasteiger partial charge in [0.1, 0.15) is 0 Å². The SMILES string of the molecule is O=C(NC1CC12CCN(C(=O)c1n[nH]c(=O)c3ccccc13)CC2)c1ccncc1. The number of carbonyl (C=O) groups excluding carboxylic acids is 2. The van der Waals surface area contributed by atoms with Crippen molar-refractivity contribution in [1.29, 1.82) is 0 Å². The van der Waals surface area contributed by atoms with E-state index in [4.69, 9.17) is 0 Å². The van der Waals surface area contributed by atoms with Crippen LogP contribution in [0.25, 0.3) is 10.8 Å². The summed E-state index contributed by atoms with van der Waals surface area (Å²) in [7, 11) is 0. The number of carbonyl (C=O) groups is 2. The van der Waals surface area contributed by atoms with E-state index in [1.807, 2.05) is 0 Å². The average molecular weight is 403 g/mol. The summed E-state index contributed by atoms with van der Waals surface area (Å²) in [6.45, 7) is 1.21. The van der Waals surface area contributed by atoms with Crippen LogP contribution in [0, 0.1) is 5.41 Å². The molecule has 1 atom stereocenters. The van der Waals surface area contributed by atoms with Crippen molar-refractivity contribution in [2.45, 2.75) is 25.3 Å². The van der Waals surface area contributed by atoms with Gasteiger partial charge in [-0.25, -0.2) is 5.10 Å². The summed E-state index contributed by atoms with van der Waals surface area (Å²) < 4.78 is 0. The minimum Gasteiger partial charge on any atom is -0.349 e. The lowest BCUT2D eigenvalue weighted by Gasteiger charge is -2.32. The van der Waals surface area contributed by atoms with E-state index in [0.29, 0.717) is 29.4 Å². The molecule has 1 unspecified atom stereocenters. The van der Waals surface area contributed by atoms with Gasteiger partial charge >= 0.3 is 0 Å². The third kappa shape index (κ3) is 3.14. The van der Waals surface area contributed by atoms with Crippen molar-refractivity contribution in [3.63, 3.8) is 0 Å². The lowest BCUT2D eigenvalue weighted by molar-refractivity contribution is 0.0663. The van der Waals surface area contributed by atoms with Crippen LogP contribution in [0.4, 0.5) is 0 Å². The van der Waals surface area contributed by atoms with Gasteiger partial charge in [0.15, 0.2) is 5.69 Å². The van der Waals surface area contributed by atoms with E-state index in [1.165, 1.54) is 0 Å². The highest BCUT2D eigenvalue weighted by atomic mass is 16.2. The number of nitrogens with zero attached hydrogens (tertiary/aromatic N) is 3. The summed E-state index contributed by atoms with van der Waals surface area (Å²) in [5, 5.41) is 10.6. The molecule has 8 heteroatoms. The van der Waals surface area contributed by atoms with Gasteiger partial charge < -0.3 is 10.2 Å². The zero-order valence-electron chi connectivity index (χ0n) is 16.3. The predicted octanol–water partition coefficient (Wildman–Crippen LogP) is 1.74. The van der Waals surface area contributed by atoms with Gasteiger partial charge in [-0.15, -0.1) is 0 Å². The number of H-pyrrole nitrogens is 1. The molecule has 8 nitrogen and oxygen atoms in total. The molecule has 1 aromatic carbocycles. The van der Waals surface area contributed by atoms with Gasteiger partial charge in [0, 0.05) is 42.5 Å². The minimum atomic E-state index is -0.300. The second-order valence-electron chi connectivity index (χ2n) is 8.07. The topological polar surface area (TPSA) is 108 Å². The third-order valence-corrected chi connectivity index (χ3v) is 6.38. The molecule has 3 heterocycles. The van der Waals surface area contributed by atoms with Gasteiger partial charge in [0.25, 0.3) is 17.4 Å². The molecule has 1 saturated carbocycles. The van der Waals surface area contributed by atoms with Gasteiger partial charge in [0.2, 0.25) is 0 Å². The summed E-state index contributed by atoms with van der Waals surface area (Å²) >= 11 is 0. The number of nitrogens with one attached hydrogen (secondary N) is 2. The van der Waals surface area contributed by atoms with Crippen molar-refractivity contribution >= 4 is 22.6 Å². The molecule has 0 bridgehead atoms. The standard InChI is InChI=1S/C22H21N5O3/c28-19(14-5-9-23-10-6-14)24-17-13-22(17)7-11-27(12-8-22)21(30)18-15-3-1-2-4-16(15)20(29)26-25-18/h1-6,9-10,17H,7-8,11-13H2,(H,24,28)(H,26,29). The summed E-state index contributed by atoms with van der Waals surface area (Å²) in [4.78, 5) is 43.2. The maximum atomic E-state index is 13.1. The molecule has 30 heavy (non-hydrogen) atoms. The molecular weight excluding hydrogens is 382 g/mol. The van der Waals surface area contributed by atoms with Crippen LogP contribution < -0.4 is 10.9 Å². The number of amides is 2. The quantitative estimate of drug-likeness (QED) is 0.693. The molecule has 2 N–H and O–H groups in total. The van der Waals surface area contributed by atoms with Crippen molar-refractivity contribution < 1.29 is 9.59 Å². The Morgan fingerprint density at radius 3 is 2.50 bits per heavy atom. The number of hydrogen-bond acceptors (Lipinski definition) is 5. The van der Waals surface area contributed by atoms with Crippen LogP contribution >= 0.6 is 0 Å². The number of benzene rings is 1. The molecule has 2 fully saturated rings. The number of pyridine rings is 1. The minimum absolute atomic E-state index is 0.0694. The number of piperidine rings is 1. The van der Waals surface area contributed by atoms with Crippen LogP contribution in [0.3, 0.4) is 0 Å². The lowest BCUT2D eigenvalue weighted by Crippen LogP contribution is -2.42. The van der Waals surface area contributed by atoms with E-state index in [-0.39, 0.29) is 34.5 Å². The van der Waals surface area contributed by atoms with Crippen molar-refractivity contribution in [2.75, 3.05) is 13.1 Å². The van der Waals surface area contributed by atoms with Crippen LogP contribution in [0.15, 0.2) is 53.6 Å². The molecule has 1 spiro atoms. The van der Waals surface area contributed by atoms with Gasteiger partial charge in [-0.1, -0.05) is 18.2 Å². The fourth-order valence-electron chi connectivity index (χ4n) is 4.43. The fraction of sp³-hybridized carbons (Fsp3) is 0.318. The van der Waals surface area contributed by atoms with Crippen LogP contribution in [0.5, 0.6) is 0 Å². The second kappa shape index (κ2) is 7.05. The summed E-state index contributed by atoms with van der Waals surface area (Å²) in [5.41, 5.74) is 0.653. The Morgan fingerprint density at radius 1 is 1.07 bits per heavy atom. The Balaban J connectivity index is 1.25. The highest BCUT2D eigenvalue weighted by Crippen LogP contribution is 2.54. The predicted molar refractivity (Wildman–Crippen MR) is 110 cm³/mol. The Labute approximate surface area is 172 Å². The van der Waals surface area contributed by atoms with E-state index in [9.17, 15) is 14.4 Å². The Morgan fingerprint density at radius 2 is 1.77 bits per heavy atom. The van der Waals surface area contributed by atoms with E-state index in [2.05, 4.69) is 20.5 Å². The number of aromatic nitrogens is 3. The highest BCUT2D eigenvalue weighted by Gasteiger charge is 2.56. The van der Waals surface area contributed by atoms with Crippen molar-refractivity contribution in [1.82, 2.24) is 25.4 Å². The first-order valence-corrected chi connectivity index (χ1v) is 10.0. The first-order valence-electron chi connectivity index (χ1n) is 10.0. The van der Waals surface area contributed by atoms with Crippen LogP contribution in [0.2, 0.25) is 0 Å². The number of aromatic amines is 1. The molecule has 152 valence electrons. The Bertz CT molecular complexity index is 1180. The van der Waals surface area contributed by atoms with Crippen LogP contribution in [0.1, 0.15) is 40.1 Å². The molecule has 5 rings (SSSR count). The van der Waals surface area contributed by atoms with E-state index in [1.54, 1.807) is 53.7 Å². The Kier molecular flexibility index (Phi) is 4.34. The largest absolute Gasteiger partial charge is 0.349 e. The molecule has 2 aliphatic rings. The van der Waals surface area contributed by atoms with E-state index in [0.717, 1.165) is 19.3 Å². The summed E-state index contributed by atoms with van der Waals surface area (Å²) in [6, 6.07) is 10.6. The van der Waals surface area contributed by atoms with Crippen LogP contribution in [-0.4, -0.2) is 51.0 Å². The highest BCUT2D eigenvalue weighted by molar-refractivity contribution is 6.04. The van der Waals surface area contributed by atoms with Crippen molar-refractivity contribution in [2.24, 2.45) is 5.41 Å². The van der Waals surface area contributed by atoms with Crippen LogP contribution in [-0.2, 0) is 0 Å². The zero-order chi connectivity index (χ0) is 20.7. The second-order valence-corrected chi connectivity index (χ2v) is 8.07. The van der Waals surface area contributed by atoms with Crippen molar-refractivity contribution in [3.05, 3.63) is 70.4 Å². The monoisotopic (exact) mass is 403 g/mol. The van der Waals surface area contributed by atoms with Gasteiger partial charge in [-0.3, -0.25) is 19.4 Å². The normalized spacial score (nSPS) is 19.6. The number of likely N-dealkylation sites (tertiary alicyclic amines) is 1. The molecular formula is C22H21N5O3. The molecule has 2 aromatic heterocycles. The fourth-order valence-corrected chi connectivity index (χ4v) is 4.43. The number of fused-ring (bicyclic) bond motifs is 1.